The summed E-state index contributed by atoms with van der Waals surface area (Å²) in [5.74, 6) is 1.25. The van der Waals surface area contributed by atoms with Crippen LogP contribution >= 0.6 is 15.9 Å². The Bertz CT molecular complexity index is 630. The molecule has 0 heterocycles. The topological polar surface area (TPSA) is 26.3 Å². The number of fused-ring (bicyclic) bond motifs is 1. The van der Waals surface area contributed by atoms with Crippen LogP contribution < -0.4 is 4.74 Å². The Balaban J connectivity index is 1.68. The Morgan fingerprint density at radius 3 is 2.60 bits per heavy atom. The number of benzene rings is 2. The fourth-order valence-corrected chi connectivity index (χ4v) is 3.18. The van der Waals surface area contributed by atoms with E-state index in [-0.39, 0.29) is 18.3 Å². The van der Waals surface area contributed by atoms with Crippen LogP contribution in [0.3, 0.4) is 0 Å². The van der Waals surface area contributed by atoms with Gasteiger partial charge in [-0.15, -0.1) is 0 Å². The summed E-state index contributed by atoms with van der Waals surface area (Å²) >= 11 is 3.46. The molecule has 104 valence electrons. The van der Waals surface area contributed by atoms with Gasteiger partial charge in [0.15, 0.2) is 5.78 Å². The van der Waals surface area contributed by atoms with E-state index in [1.54, 1.807) is 0 Å². The molecule has 1 aliphatic carbocycles. The standard InChI is InChI=1S/C17H17BrO2/c18-15-7-5-14-10-16(8-6-13(14)9-15)20-11-17(19)12-3-1-2-4-12/h5-10,12H,1-4,11H2. The van der Waals surface area contributed by atoms with Crippen molar-refractivity contribution in [1.29, 1.82) is 0 Å². The smallest absolute Gasteiger partial charge is 0.173 e. The number of hydrogen-bond acceptors (Lipinski definition) is 2. The number of rotatable bonds is 4. The summed E-state index contributed by atoms with van der Waals surface area (Å²) < 4.78 is 6.72. The van der Waals surface area contributed by atoms with Crippen LogP contribution in [-0.4, -0.2) is 12.4 Å². The van der Waals surface area contributed by atoms with E-state index in [1.165, 1.54) is 12.8 Å². The number of Topliss-reactive ketones (excluding diaryl/α,β-unsaturated/α-hetero) is 1. The average molecular weight is 333 g/mol. The Kier molecular flexibility index (Phi) is 4.06. The van der Waals surface area contributed by atoms with Crippen molar-refractivity contribution >= 4 is 32.5 Å². The van der Waals surface area contributed by atoms with E-state index in [2.05, 4.69) is 22.0 Å². The Morgan fingerprint density at radius 1 is 1.10 bits per heavy atom. The maximum Gasteiger partial charge on any atom is 0.173 e. The minimum atomic E-state index is 0.201. The predicted octanol–water partition coefficient (Wildman–Crippen LogP) is 4.74. The molecule has 3 rings (SSSR count). The fraction of sp³-hybridized carbons (Fsp3) is 0.353. The van der Waals surface area contributed by atoms with Gasteiger partial charge in [-0.2, -0.15) is 0 Å². The molecule has 0 radical (unpaired) electrons. The second kappa shape index (κ2) is 5.96. The molecule has 1 aliphatic rings. The molecule has 2 aromatic rings. The van der Waals surface area contributed by atoms with Crippen molar-refractivity contribution in [3.8, 4) is 5.75 Å². The number of halogens is 1. The Morgan fingerprint density at radius 2 is 1.80 bits per heavy atom. The lowest BCUT2D eigenvalue weighted by atomic mass is 10.0. The highest BCUT2D eigenvalue weighted by molar-refractivity contribution is 9.10. The molecular weight excluding hydrogens is 316 g/mol. The van der Waals surface area contributed by atoms with Crippen molar-refractivity contribution in [2.45, 2.75) is 25.7 Å². The highest BCUT2D eigenvalue weighted by atomic mass is 79.9. The van der Waals surface area contributed by atoms with Gasteiger partial charge in [0.1, 0.15) is 12.4 Å². The highest BCUT2D eigenvalue weighted by Crippen LogP contribution is 2.27. The summed E-state index contributed by atoms with van der Waals surface area (Å²) in [6, 6.07) is 12.1. The molecule has 0 amide bonds. The number of carbonyl (C=O) groups is 1. The third kappa shape index (κ3) is 3.04. The van der Waals surface area contributed by atoms with Gasteiger partial charge in [-0.3, -0.25) is 4.79 Å². The van der Waals surface area contributed by atoms with E-state index in [4.69, 9.17) is 4.74 Å². The molecule has 20 heavy (non-hydrogen) atoms. The molecule has 0 N–H and O–H groups in total. The molecule has 2 aromatic carbocycles. The summed E-state index contributed by atoms with van der Waals surface area (Å²) in [5, 5.41) is 2.29. The van der Waals surface area contributed by atoms with Gasteiger partial charge in [0.2, 0.25) is 0 Å². The zero-order valence-electron chi connectivity index (χ0n) is 11.3. The third-order valence-electron chi connectivity index (χ3n) is 3.97. The zero-order chi connectivity index (χ0) is 13.9. The van der Waals surface area contributed by atoms with Crippen LogP contribution in [0.4, 0.5) is 0 Å². The molecule has 0 atom stereocenters. The Hall–Kier alpha value is -1.35. The van der Waals surface area contributed by atoms with Gasteiger partial charge in [0.25, 0.3) is 0 Å². The first kappa shape index (κ1) is 13.6. The van der Waals surface area contributed by atoms with Crippen LogP contribution in [0.1, 0.15) is 25.7 Å². The number of carbonyl (C=O) groups excluding carboxylic acids is 1. The maximum atomic E-state index is 12.0. The first-order valence-corrected chi connectivity index (χ1v) is 7.86. The molecular formula is C17H17BrO2. The average Bonchev–Trinajstić information content (AvgIpc) is 2.99. The summed E-state index contributed by atoms with van der Waals surface area (Å²) in [6.07, 6.45) is 4.43. The van der Waals surface area contributed by atoms with Crippen LogP contribution in [0.25, 0.3) is 10.8 Å². The van der Waals surface area contributed by atoms with Gasteiger partial charge in [0.05, 0.1) is 0 Å². The number of ketones is 1. The first-order chi connectivity index (χ1) is 9.72. The van der Waals surface area contributed by atoms with Crippen molar-refractivity contribution in [3.05, 3.63) is 40.9 Å². The van der Waals surface area contributed by atoms with Crippen LogP contribution in [0.15, 0.2) is 40.9 Å². The fourth-order valence-electron chi connectivity index (χ4n) is 2.80. The largest absolute Gasteiger partial charge is 0.486 e. The molecule has 0 aromatic heterocycles. The summed E-state index contributed by atoms with van der Waals surface area (Å²) in [5.41, 5.74) is 0. The van der Waals surface area contributed by atoms with Crippen LogP contribution in [0.2, 0.25) is 0 Å². The summed E-state index contributed by atoms with van der Waals surface area (Å²) in [7, 11) is 0. The van der Waals surface area contributed by atoms with E-state index in [0.717, 1.165) is 33.8 Å². The van der Waals surface area contributed by atoms with Gasteiger partial charge >= 0.3 is 0 Å². The third-order valence-corrected chi connectivity index (χ3v) is 4.46. The van der Waals surface area contributed by atoms with Gasteiger partial charge in [-0.05, 0) is 47.9 Å². The predicted molar refractivity (Wildman–Crippen MR) is 84.1 cm³/mol. The van der Waals surface area contributed by atoms with Crippen molar-refractivity contribution < 1.29 is 9.53 Å². The van der Waals surface area contributed by atoms with Crippen LogP contribution in [0, 0.1) is 5.92 Å². The molecule has 1 saturated carbocycles. The van der Waals surface area contributed by atoms with E-state index >= 15 is 0 Å². The molecule has 0 aliphatic heterocycles. The second-order valence-electron chi connectivity index (χ2n) is 5.39. The van der Waals surface area contributed by atoms with Gasteiger partial charge in [0, 0.05) is 10.4 Å². The minimum absolute atomic E-state index is 0.201. The molecule has 2 nitrogen and oxygen atoms in total. The molecule has 1 fully saturated rings. The van der Waals surface area contributed by atoms with Crippen LogP contribution in [-0.2, 0) is 4.79 Å². The van der Waals surface area contributed by atoms with Crippen LogP contribution in [0.5, 0.6) is 5.75 Å². The highest BCUT2D eigenvalue weighted by Gasteiger charge is 2.22. The zero-order valence-corrected chi connectivity index (χ0v) is 12.9. The summed E-state index contributed by atoms with van der Waals surface area (Å²) in [4.78, 5) is 12.0. The molecule has 3 heteroatoms. The first-order valence-electron chi connectivity index (χ1n) is 7.07. The lowest BCUT2D eigenvalue weighted by Crippen LogP contribution is -2.19. The van der Waals surface area contributed by atoms with Gasteiger partial charge < -0.3 is 4.74 Å². The normalized spacial score (nSPS) is 15.7. The molecule has 0 spiro atoms. The quantitative estimate of drug-likeness (QED) is 0.808. The van der Waals surface area contributed by atoms with E-state index in [1.807, 2.05) is 30.3 Å². The lowest BCUT2D eigenvalue weighted by molar-refractivity contribution is -0.124. The number of ether oxygens (including phenoxy) is 1. The number of hydrogen-bond donors (Lipinski definition) is 0. The molecule has 0 saturated heterocycles. The molecule has 0 bridgehead atoms. The van der Waals surface area contributed by atoms with Crippen molar-refractivity contribution in [1.82, 2.24) is 0 Å². The van der Waals surface area contributed by atoms with E-state index in [9.17, 15) is 4.79 Å². The maximum absolute atomic E-state index is 12.0. The lowest BCUT2D eigenvalue weighted by Gasteiger charge is -2.10. The van der Waals surface area contributed by atoms with Crippen molar-refractivity contribution in [2.24, 2.45) is 5.92 Å². The van der Waals surface area contributed by atoms with Gasteiger partial charge in [-0.25, -0.2) is 0 Å². The van der Waals surface area contributed by atoms with Crippen molar-refractivity contribution in [2.75, 3.05) is 6.61 Å². The summed E-state index contributed by atoms with van der Waals surface area (Å²) in [6.45, 7) is 0.201. The van der Waals surface area contributed by atoms with Gasteiger partial charge in [-0.1, -0.05) is 40.9 Å². The Labute approximate surface area is 127 Å². The molecule has 0 unspecified atom stereocenters. The van der Waals surface area contributed by atoms with E-state index < -0.39 is 0 Å². The van der Waals surface area contributed by atoms with E-state index in [0.29, 0.717) is 0 Å². The monoisotopic (exact) mass is 332 g/mol. The van der Waals surface area contributed by atoms with Crippen molar-refractivity contribution in [3.63, 3.8) is 0 Å². The minimum Gasteiger partial charge on any atom is -0.486 e. The SMILES string of the molecule is O=C(COc1ccc2cc(Br)ccc2c1)C1CCCC1. The second-order valence-corrected chi connectivity index (χ2v) is 6.31.